The Balaban J connectivity index is 1.07. The summed E-state index contributed by atoms with van der Waals surface area (Å²) in [7, 11) is 2.07. The van der Waals surface area contributed by atoms with Crippen molar-refractivity contribution in [3.8, 4) is 0 Å². The predicted molar refractivity (Wildman–Crippen MR) is 193 cm³/mol. The van der Waals surface area contributed by atoms with E-state index in [0.717, 1.165) is 75.3 Å². The largest absolute Gasteiger partial charge is 0.444 e. The Bertz CT molecular complexity index is 1690. The Morgan fingerprint density at radius 3 is 2.08 bits per heavy atom. The van der Waals surface area contributed by atoms with E-state index in [0.29, 0.717) is 36.0 Å². The topological polar surface area (TPSA) is 125 Å². The number of nitrogens with one attached hydrogen (secondary N) is 1. The molecule has 3 aliphatic heterocycles. The Morgan fingerprint density at radius 2 is 1.48 bits per heavy atom. The molecule has 3 aliphatic rings. The molecule has 3 aromatic rings. The second kappa shape index (κ2) is 14.2. The van der Waals surface area contributed by atoms with Crippen molar-refractivity contribution in [1.82, 2.24) is 29.2 Å². The van der Waals surface area contributed by atoms with Crippen LogP contribution < -0.4 is 10.2 Å². The molecule has 0 bridgehead atoms. The van der Waals surface area contributed by atoms with Crippen LogP contribution in [0, 0.1) is 0 Å². The molecule has 1 atom stereocenters. The first-order valence-electron chi connectivity index (χ1n) is 17.8. The number of piperazine rings is 1. The summed E-state index contributed by atoms with van der Waals surface area (Å²) in [6.45, 7) is 17.0. The van der Waals surface area contributed by atoms with Crippen LogP contribution in [0.3, 0.4) is 0 Å². The van der Waals surface area contributed by atoms with E-state index >= 15 is 0 Å². The fraction of sp³-hybridized carbons (Fsp3) is 0.595. The molecular weight excluding hydrogens is 636 g/mol. The van der Waals surface area contributed by atoms with Gasteiger partial charge in [-0.15, -0.1) is 0 Å². The van der Waals surface area contributed by atoms with Crippen molar-refractivity contribution in [3.05, 3.63) is 47.9 Å². The van der Waals surface area contributed by atoms with Crippen LogP contribution in [0.4, 0.5) is 21.2 Å². The van der Waals surface area contributed by atoms with Gasteiger partial charge in [-0.05, 0) is 99.0 Å². The first-order valence-corrected chi connectivity index (χ1v) is 17.8. The van der Waals surface area contributed by atoms with Crippen molar-refractivity contribution >= 4 is 40.6 Å². The highest BCUT2D eigenvalue weighted by Crippen LogP contribution is 2.35. The molecule has 3 aromatic heterocycles. The minimum Gasteiger partial charge on any atom is -0.444 e. The number of anilines is 2. The SMILES string of the molecule is CN1CCC[C@@H]1c1cc2cnc(NC(=O)c3ccc(N4CCC(N5CCN(C(=O)OC(C)(C)C)CC5)CC4)nc3)cc2n1C(=O)OC(C)(C)C. The van der Waals surface area contributed by atoms with Crippen LogP contribution in [0.1, 0.15) is 89.3 Å². The number of nitrogens with zero attached hydrogens (tertiary/aromatic N) is 7. The van der Waals surface area contributed by atoms with Crippen molar-refractivity contribution in [3.63, 3.8) is 0 Å². The quantitative estimate of drug-likeness (QED) is 0.354. The molecule has 0 aliphatic carbocycles. The molecule has 0 saturated carbocycles. The molecule has 270 valence electrons. The van der Waals surface area contributed by atoms with Crippen molar-refractivity contribution in [2.75, 3.05) is 63.1 Å². The minimum atomic E-state index is -0.661. The van der Waals surface area contributed by atoms with Gasteiger partial charge in [0.1, 0.15) is 22.8 Å². The number of carbonyl (C=O) groups is 3. The van der Waals surface area contributed by atoms with E-state index in [2.05, 4.69) is 37.0 Å². The third-order valence-corrected chi connectivity index (χ3v) is 9.67. The van der Waals surface area contributed by atoms with Crippen molar-refractivity contribution < 1.29 is 23.9 Å². The van der Waals surface area contributed by atoms with Gasteiger partial charge in [-0.1, -0.05) is 0 Å². The smallest absolute Gasteiger partial charge is 0.419 e. The van der Waals surface area contributed by atoms with Gasteiger partial charge in [-0.25, -0.2) is 24.1 Å². The van der Waals surface area contributed by atoms with Crippen LogP contribution >= 0.6 is 0 Å². The van der Waals surface area contributed by atoms with Crippen molar-refractivity contribution in [2.45, 2.75) is 90.5 Å². The van der Waals surface area contributed by atoms with Gasteiger partial charge in [0, 0.05) is 74.9 Å². The number of fused-ring (bicyclic) bond motifs is 1. The minimum absolute atomic E-state index is 0.0879. The molecule has 50 heavy (non-hydrogen) atoms. The van der Waals surface area contributed by atoms with Gasteiger partial charge >= 0.3 is 12.2 Å². The number of rotatable bonds is 5. The van der Waals surface area contributed by atoms with Crippen LogP contribution in [0.15, 0.2) is 36.7 Å². The lowest BCUT2D eigenvalue weighted by molar-refractivity contribution is 0.00898. The van der Waals surface area contributed by atoms with Crippen LogP contribution in [0.2, 0.25) is 0 Å². The number of amides is 2. The van der Waals surface area contributed by atoms with Gasteiger partial charge in [0.05, 0.1) is 17.1 Å². The molecule has 3 fully saturated rings. The van der Waals surface area contributed by atoms with Crippen LogP contribution in [0.25, 0.3) is 10.9 Å². The summed E-state index contributed by atoms with van der Waals surface area (Å²) in [6, 6.07) is 7.97. The lowest BCUT2D eigenvalue weighted by Crippen LogP contribution is -2.55. The van der Waals surface area contributed by atoms with Crippen LogP contribution in [-0.2, 0) is 9.47 Å². The van der Waals surface area contributed by atoms with Gasteiger partial charge in [0.25, 0.3) is 5.91 Å². The maximum Gasteiger partial charge on any atom is 0.419 e. The number of hydrogen-bond acceptors (Lipinski definition) is 10. The van der Waals surface area contributed by atoms with Gasteiger partial charge < -0.3 is 24.6 Å². The molecule has 0 spiro atoms. The molecule has 6 rings (SSSR count). The molecular formula is C37H52N8O5. The third-order valence-electron chi connectivity index (χ3n) is 9.67. The Labute approximate surface area is 294 Å². The average Bonchev–Trinajstić information content (AvgIpc) is 3.66. The summed E-state index contributed by atoms with van der Waals surface area (Å²) in [4.78, 5) is 57.2. The lowest BCUT2D eigenvalue weighted by Gasteiger charge is -2.43. The number of aromatic nitrogens is 3. The van der Waals surface area contributed by atoms with Gasteiger partial charge in [0.15, 0.2) is 0 Å². The van der Waals surface area contributed by atoms with E-state index in [9.17, 15) is 14.4 Å². The van der Waals surface area contributed by atoms with Crippen LogP contribution in [-0.4, -0.2) is 117 Å². The first-order chi connectivity index (χ1) is 23.6. The van der Waals surface area contributed by atoms with Gasteiger partial charge in [0.2, 0.25) is 0 Å². The Morgan fingerprint density at radius 1 is 0.800 bits per heavy atom. The van der Waals surface area contributed by atoms with Crippen molar-refractivity contribution in [2.24, 2.45) is 0 Å². The normalized spacial score (nSPS) is 19.9. The number of piperidine rings is 1. The summed E-state index contributed by atoms with van der Waals surface area (Å²) in [5.41, 5.74) is 0.777. The first kappa shape index (κ1) is 35.6. The number of carbonyl (C=O) groups excluding carboxylic acids is 3. The predicted octanol–water partition coefficient (Wildman–Crippen LogP) is 5.76. The monoisotopic (exact) mass is 688 g/mol. The van der Waals surface area contributed by atoms with E-state index in [-0.39, 0.29) is 18.0 Å². The van der Waals surface area contributed by atoms with Crippen molar-refractivity contribution in [1.29, 1.82) is 0 Å². The van der Waals surface area contributed by atoms with Gasteiger partial charge in [-0.3, -0.25) is 14.6 Å². The van der Waals surface area contributed by atoms with E-state index < -0.39 is 17.3 Å². The van der Waals surface area contributed by atoms with E-state index in [1.807, 2.05) is 53.7 Å². The summed E-state index contributed by atoms with van der Waals surface area (Å²) < 4.78 is 13.0. The second-order valence-electron chi connectivity index (χ2n) is 15.7. The zero-order chi connectivity index (χ0) is 35.8. The van der Waals surface area contributed by atoms with E-state index in [4.69, 9.17) is 9.47 Å². The number of ether oxygens (including phenoxy) is 2. The highest BCUT2D eigenvalue weighted by atomic mass is 16.6. The maximum atomic E-state index is 13.5. The third kappa shape index (κ3) is 8.21. The highest BCUT2D eigenvalue weighted by Gasteiger charge is 2.32. The molecule has 13 heteroatoms. The summed E-state index contributed by atoms with van der Waals surface area (Å²) in [5, 5.41) is 3.70. The van der Waals surface area contributed by atoms with E-state index in [1.165, 1.54) is 0 Å². The Hall–Kier alpha value is -4.23. The maximum absolute atomic E-state index is 13.5. The van der Waals surface area contributed by atoms with E-state index in [1.54, 1.807) is 34.0 Å². The Kier molecular flexibility index (Phi) is 10.1. The zero-order valence-corrected chi connectivity index (χ0v) is 30.6. The number of hydrogen-bond donors (Lipinski definition) is 1. The molecule has 13 nitrogen and oxygen atoms in total. The average molecular weight is 689 g/mol. The number of likely N-dealkylation sites (tertiary alicyclic amines) is 1. The molecule has 0 aromatic carbocycles. The lowest BCUT2D eigenvalue weighted by atomic mass is 10.0. The number of pyridine rings is 2. The highest BCUT2D eigenvalue weighted by molar-refractivity contribution is 6.04. The fourth-order valence-electron chi connectivity index (χ4n) is 7.18. The molecule has 2 amide bonds. The standard InChI is InChI=1S/C37H52N8O5/c1-36(2,3)49-34(47)44-19-17-42(18-20-44)27-12-15-43(16-13-27)32-11-10-25(23-39-32)33(46)40-31-22-29-26(24-38-31)21-30(28-9-8-14-41(28)7)45(29)35(48)50-37(4,5)6/h10-11,21-24,27-28H,8-9,12-20H2,1-7H3,(H,38,40,46)/t28-/m1/s1. The summed E-state index contributed by atoms with van der Waals surface area (Å²) in [5.74, 6) is 0.856. The molecule has 1 N–H and O–H groups in total. The summed E-state index contributed by atoms with van der Waals surface area (Å²) in [6.07, 6.45) is 6.62. The molecule has 0 radical (unpaired) electrons. The van der Waals surface area contributed by atoms with Crippen LogP contribution in [0.5, 0.6) is 0 Å². The zero-order valence-electron chi connectivity index (χ0n) is 30.6. The second-order valence-corrected chi connectivity index (χ2v) is 15.7. The molecule has 6 heterocycles. The summed E-state index contributed by atoms with van der Waals surface area (Å²) >= 11 is 0. The van der Waals surface area contributed by atoms with Gasteiger partial charge in [-0.2, -0.15) is 0 Å². The molecule has 3 saturated heterocycles. The fourth-order valence-corrected chi connectivity index (χ4v) is 7.18. The molecule has 0 unspecified atom stereocenters.